The first-order valence-corrected chi connectivity index (χ1v) is 7.77. The first-order valence-electron chi connectivity index (χ1n) is 6.96. The van der Waals surface area contributed by atoms with Crippen LogP contribution in [-0.4, -0.2) is 18.1 Å². The highest BCUT2D eigenvalue weighted by Crippen LogP contribution is 2.37. The van der Waals surface area contributed by atoms with E-state index < -0.39 is 0 Å². The minimum absolute atomic E-state index is 0.340. The number of hydrogen-bond acceptors (Lipinski definition) is 4. The summed E-state index contributed by atoms with van der Waals surface area (Å²) in [5, 5.41) is 4.73. The summed E-state index contributed by atoms with van der Waals surface area (Å²) in [6.45, 7) is 7.20. The first-order chi connectivity index (χ1) is 8.63. The van der Waals surface area contributed by atoms with Gasteiger partial charge in [0.1, 0.15) is 0 Å². The van der Waals surface area contributed by atoms with Gasteiger partial charge < -0.3 is 11.1 Å². The fourth-order valence-corrected chi connectivity index (χ4v) is 3.53. The van der Waals surface area contributed by atoms with Crippen LogP contribution in [0.3, 0.4) is 0 Å². The highest BCUT2D eigenvalue weighted by molar-refractivity contribution is 7.11. The molecule has 0 spiro atoms. The Morgan fingerprint density at radius 3 is 2.78 bits per heavy atom. The number of aryl methyl sites for hydroxylation is 1. The van der Waals surface area contributed by atoms with Crippen molar-refractivity contribution in [2.45, 2.75) is 46.1 Å². The van der Waals surface area contributed by atoms with Crippen molar-refractivity contribution in [3.8, 4) is 0 Å². The van der Waals surface area contributed by atoms with Crippen LogP contribution >= 0.6 is 11.3 Å². The zero-order valence-corrected chi connectivity index (χ0v) is 12.4. The lowest BCUT2D eigenvalue weighted by molar-refractivity contribution is 0.159. The molecule has 2 rings (SSSR count). The van der Waals surface area contributed by atoms with Crippen molar-refractivity contribution in [3.05, 3.63) is 16.1 Å². The monoisotopic (exact) mass is 267 g/mol. The molecule has 1 aliphatic rings. The van der Waals surface area contributed by atoms with Gasteiger partial charge >= 0.3 is 0 Å². The Labute approximate surface area is 114 Å². The van der Waals surface area contributed by atoms with E-state index in [1.54, 1.807) is 11.3 Å². The molecule has 1 aromatic rings. The molecule has 0 atom stereocenters. The molecule has 18 heavy (non-hydrogen) atoms. The Balaban J connectivity index is 1.80. The van der Waals surface area contributed by atoms with Crippen molar-refractivity contribution in [1.29, 1.82) is 0 Å². The van der Waals surface area contributed by atoms with E-state index in [1.807, 2.05) is 6.20 Å². The summed E-state index contributed by atoms with van der Waals surface area (Å²) in [4.78, 5) is 5.61. The zero-order chi connectivity index (χ0) is 13.0. The van der Waals surface area contributed by atoms with E-state index in [1.165, 1.54) is 30.6 Å². The van der Waals surface area contributed by atoms with Crippen LogP contribution in [0.25, 0.3) is 0 Å². The van der Waals surface area contributed by atoms with E-state index in [2.05, 4.69) is 24.1 Å². The highest BCUT2D eigenvalue weighted by atomic mass is 32.1. The summed E-state index contributed by atoms with van der Waals surface area (Å²) in [7, 11) is 0. The van der Waals surface area contributed by atoms with Crippen LogP contribution in [0.1, 0.15) is 42.5 Å². The van der Waals surface area contributed by atoms with Gasteiger partial charge in [0.2, 0.25) is 0 Å². The van der Waals surface area contributed by atoms with E-state index in [0.717, 1.165) is 30.6 Å². The quantitative estimate of drug-likeness (QED) is 0.862. The molecule has 0 aliphatic heterocycles. The van der Waals surface area contributed by atoms with Crippen LogP contribution in [-0.2, 0) is 6.54 Å². The Morgan fingerprint density at radius 1 is 1.50 bits per heavy atom. The second-order valence-electron chi connectivity index (χ2n) is 5.84. The van der Waals surface area contributed by atoms with Gasteiger partial charge in [-0.2, -0.15) is 0 Å². The van der Waals surface area contributed by atoms with Gasteiger partial charge in [0.25, 0.3) is 0 Å². The van der Waals surface area contributed by atoms with Crippen LogP contribution in [0.15, 0.2) is 6.20 Å². The van der Waals surface area contributed by atoms with Crippen molar-refractivity contribution in [3.63, 3.8) is 0 Å². The molecule has 4 heteroatoms. The molecule has 0 aromatic carbocycles. The fraction of sp³-hybridized carbons (Fsp3) is 0.786. The third-order valence-corrected chi connectivity index (χ3v) is 5.15. The largest absolute Gasteiger partial charge is 0.330 e. The maximum atomic E-state index is 6.02. The van der Waals surface area contributed by atoms with Crippen molar-refractivity contribution in [2.75, 3.05) is 13.1 Å². The molecule has 3 N–H and O–H groups in total. The van der Waals surface area contributed by atoms with Crippen molar-refractivity contribution < 1.29 is 0 Å². The average Bonchev–Trinajstić information content (AvgIpc) is 2.78. The van der Waals surface area contributed by atoms with Crippen molar-refractivity contribution >= 4 is 11.3 Å². The maximum absolute atomic E-state index is 6.02. The van der Waals surface area contributed by atoms with Crippen LogP contribution in [0.4, 0.5) is 0 Å². The lowest BCUT2D eigenvalue weighted by atomic mass is 9.71. The van der Waals surface area contributed by atoms with Crippen LogP contribution in [0.5, 0.6) is 0 Å². The zero-order valence-electron chi connectivity index (χ0n) is 11.5. The minimum atomic E-state index is 0.340. The van der Waals surface area contributed by atoms with Crippen LogP contribution in [0, 0.1) is 18.3 Å². The standard InChI is InChI=1S/C14H25N3S/c1-11-3-5-14(9-15,6-4-11)10-16-7-13-8-17-12(2)18-13/h8,11,16H,3-7,9-10,15H2,1-2H3. The summed E-state index contributed by atoms with van der Waals surface area (Å²) < 4.78 is 0. The molecule has 3 nitrogen and oxygen atoms in total. The molecular weight excluding hydrogens is 242 g/mol. The summed E-state index contributed by atoms with van der Waals surface area (Å²) >= 11 is 1.78. The van der Waals surface area contributed by atoms with E-state index in [9.17, 15) is 0 Å². The van der Waals surface area contributed by atoms with E-state index >= 15 is 0 Å². The number of nitrogens with two attached hydrogens (primary N) is 1. The third-order valence-electron chi connectivity index (χ3n) is 4.24. The van der Waals surface area contributed by atoms with E-state index in [-0.39, 0.29) is 0 Å². The summed E-state index contributed by atoms with van der Waals surface area (Å²) in [5.74, 6) is 0.883. The number of nitrogens with zero attached hydrogens (tertiary/aromatic N) is 1. The molecule has 0 radical (unpaired) electrons. The average molecular weight is 267 g/mol. The Hall–Kier alpha value is -0.450. The smallest absolute Gasteiger partial charge is 0.0897 e. The normalized spacial score (nSPS) is 28.5. The lowest BCUT2D eigenvalue weighted by Gasteiger charge is -2.38. The lowest BCUT2D eigenvalue weighted by Crippen LogP contribution is -2.42. The first kappa shape index (κ1) is 14.0. The number of aromatic nitrogens is 1. The highest BCUT2D eigenvalue weighted by Gasteiger charge is 2.32. The van der Waals surface area contributed by atoms with Crippen LogP contribution < -0.4 is 11.1 Å². The Morgan fingerprint density at radius 2 is 2.22 bits per heavy atom. The number of hydrogen-bond donors (Lipinski definition) is 2. The van der Waals surface area contributed by atoms with E-state index in [0.29, 0.717) is 5.41 Å². The van der Waals surface area contributed by atoms with Gasteiger partial charge in [0.15, 0.2) is 0 Å². The molecule has 1 fully saturated rings. The number of nitrogens with one attached hydrogen (secondary N) is 1. The van der Waals surface area contributed by atoms with Gasteiger partial charge in [-0.05, 0) is 37.6 Å². The molecule has 0 bridgehead atoms. The van der Waals surface area contributed by atoms with Crippen molar-refractivity contribution in [2.24, 2.45) is 17.1 Å². The summed E-state index contributed by atoms with van der Waals surface area (Å²) in [6, 6.07) is 0. The SMILES string of the molecule is Cc1ncc(CNCC2(CN)CCC(C)CC2)s1. The predicted octanol–water partition coefficient (Wildman–Crippen LogP) is 2.70. The predicted molar refractivity (Wildman–Crippen MR) is 77.7 cm³/mol. The molecule has 1 saturated carbocycles. The molecule has 1 heterocycles. The molecule has 1 aromatic heterocycles. The number of rotatable bonds is 5. The molecule has 102 valence electrons. The van der Waals surface area contributed by atoms with Gasteiger partial charge in [-0.1, -0.05) is 19.8 Å². The third kappa shape index (κ3) is 3.53. The molecule has 0 saturated heterocycles. The van der Waals surface area contributed by atoms with Gasteiger partial charge in [-0.25, -0.2) is 4.98 Å². The Bertz CT molecular complexity index is 367. The van der Waals surface area contributed by atoms with Gasteiger partial charge in [-0.15, -0.1) is 11.3 Å². The molecule has 0 amide bonds. The minimum Gasteiger partial charge on any atom is -0.330 e. The molecule has 0 unspecified atom stereocenters. The van der Waals surface area contributed by atoms with Gasteiger partial charge in [-0.3, -0.25) is 0 Å². The Kier molecular flexibility index (Phi) is 4.76. The fourth-order valence-electron chi connectivity index (χ4n) is 2.77. The van der Waals surface area contributed by atoms with Gasteiger partial charge in [0.05, 0.1) is 5.01 Å². The second kappa shape index (κ2) is 6.13. The topological polar surface area (TPSA) is 50.9 Å². The maximum Gasteiger partial charge on any atom is 0.0897 e. The van der Waals surface area contributed by atoms with Gasteiger partial charge in [0, 0.05) is 24.2 Å². The summed E-state index contributed by atoms with van der Waals surface area (Å²) in [6.07, 6.45) is 7.20. The summed E-state index contributed by atoms with van der Waals surface area (Å²) in [5.41, 5.74) is 6.36. The number of thiazole rings is 1. The van der Waals surface area contributed by atoms with E-state index in [4.69, 9.17) is 5.73 Å². The second-order valence-corrected chi connectivity index (χ2v) is 7.16. The molecular formula is C14H25N3S. The van der Waals surface area contributed by atoms with Crippen molar-refractivity contribution in [1.82, 2.24) is 10.3 Å². The molecule has 1 aliphatic carbocycles. The van der Waals surface area contributed by atoms with Crippen LogP contribution in [0.2, 0.25) is 0 Å².